The molecule has 21 heavy (non-hydrogen) atoms. The Kier molecular flexibility index (Phi) is 3.90. The van der Waals surface area contributed by atoms with Gasteiger partial charge in [-0.15, -0.1) is 0 Å². The minimum Gasteiger partial charge on any atom is -0.461 e. The van der Waals surface area contributed by atoms with Crippen molar-refractivity contribution in [1.82, 2.24) is 4.98 Å². The number of carbonyl (C=O) groups excluding carboxylic acids is 2. The van der Waals surface area contributed by atoms with Crippen LogP contribution < -0.4 is 5.32 Å². The molecule has 2 aliphatic carbocycles. The highest BCUT2D eigenvalue weighted by atomic mass is 16.5. The first-order valence-electron chi connectivity index (χ1n) is 7.65. The second-order valence-electron chi connectivity index (χ2n) is 5.75. The minimum atomic E-state index is -0.499. The van der Waals surface area contributed by atoms with Gasteiger partial charge in [-0.3, -0.25) is 4.79 Å². The van der Waals surface area contributed by atoms with Crippen LogP contribution in [0.1, 0.15) is 43.1 Å². The second kappa shape index (κ2) is 5.84. The standard InChI is InChI=1S/C16H20N2O3/c1-2-21-16(20)14-12(8-5-9-17-14)18-15(19)13-10-6-3-4-7-11(10)13/h5,8-11,13H,2-4,6-7H2,1H3,(H,18,19). The molecule has 2 unspecified atom stereocenters. The van der Waals surface area contributed by atoms with Gasteiger partial charge in [-0.1, -0.05) is 12.8 Å². The molecule has 0 bridgehead atoms. The predicted octanol–water partition coefficient (Wildman–Crippen LogP) is 2.63. The fraction of sp³-hybridized carbons (Fsp3) is 0.562. The quantitative estimate of drug-likeness (QED) is 0.865. The van der Waals surface area contributed by atoms with Gasteiger partial charge in [0.05, 0.1) is 12.3 Å². The number of carbonyl (C=O) groups is 2. The molecular weight excluding hydrogens is 268 g/mol. The lowest BCUT2D eigenvalue weighted by Crippen LogP contribution is -2.19. The molecule has 0 saturated heterocycles. The van der Waals surface area contributed by atoms with Gasteiger partial charge < -0.3 is 10.1 Å². The number of ether oxygens (including phenoxy) is 1. The smallest absolute Gasteiger partial charge is 0.359 e. The van der Waals surface area contributed by atoms with Gasteiger partial charge in [0.25, 0.3) is 0 Å². The van der Waals surface area contributed by atoms with Crippen molar-refractivity contribution < 1.29 is 14.3 Å². The largest absolute Gasteiger partial charge is 0.461 e. The van der Waals surface area contributed by atoms with Crippen LogP contribution in [0.3, 0.4) is 0 Å². The highest BCUT2D eigenvalue weighted by Crippen LogP contribution is 2.55. The van der Waals surface area contributed by atoms with Gasteiger partial charge in [-0.25, -0.2) is 9.78 Å². The summed E-state index contributed by atoms with van der Waals surface area (Å²) in [6, 6.07) is 3.40. The number of rotatable bonds is 4. The Morgan fingerprint density at radius 3 is 2.71 bits per heavy atom. The maximum absolute atomic E-state index is 12.4. The fourth-order valence-electron chi connectivity index (χ4n) is 3.47. The number of amides is 1. The van der Waals surface area contributed by atoms with Gasteiger partial charge in [-0.2, -0.15) is 0 Å². The third-order valence-corrected chi connectivity index (χ3v) is 4.49. The monoisotopic (exact) mass is 288 g/mol. The van der Waals surface area contributed by atoms with Crippen molar-refractivity contribution in [2.24, 2.45) is 17.8 Å². The molecular formula is C16H20N2O3. The molecule has 112 valence electrons. The van der Waals surface area contributed by atoms with Crippen LogP contribution in [0.15, 0.2) is 18.3 Å². The van der Waals surface area contributed by atoms with Crippen molar-refractivity contribution in [3.05, 3.63) is 24.0 Å². The maximum Gasteiger partial charge on any atom is 0.359 e. The molecule has 1 N–H and O–H groups in total. The number of nitrogens with zero attached hydrogens (tertiary/aromatic N) is 1. The van der Waals surface area contributed by atoms with Crippen LogP contribution in [-0.2, 0) is 9.53 Å². The van der Waals surface area contributed by atoms with E-state index in [0.29, 0.717) is 17.5 Å². The van der Waals surface area contributed by atoms with Gasteiger partial charge in [0.1, 0.15) is 0 Å². The van der Waals surface area contributed by atoms with E-state index in [2.05, 4.69) is 10.3 Å². The van der Waals surface area contributed by atoms with E-state index in [1.54, 1.807) is 19.1 Å². The summed E-state index contributed by atoms with van der Waals surface area (Å²) in [6.07, 6.45) is 6.29. The zero-order valence-electron chi connectivity index (χ0n) is 12.2. The van der Waals surface area contributed by atoms with Crippen LogP contribution >= 0.6 is 0 Å². The molecule has 2 atom stereocenters. The Hall–Kier alpha value is -1.91. The number of nitrogens with one attached hydrogen (secondary N) is 1. The minimum absolute atomic E-state index is 0.0189. The number of aromatic nitrogens is 1. The van der Waals surface area contributed by atoms with Gasteiger partial charge >= 0.3 is 5.97 Å². The van der Waals surface area contributed by atoms with E-state index < -0.39 is 5.97 Å². The van der Waals surface area contributed by atoms with Crippen LogP contribution in [0.4, 0.5) is 5.69 Å². The van der Waals surface area contributed by atoms with E-state index in [1.807, 2.05) is 0 Å². The Balaban J connectivity index is 1.70. The van der Waals surface area contributed by atoms with Gasteiger partial charge in [0.2, 0.25) is 5.91 Å². The highest BCUT2D eigenvalue weighted by molar-refractivity contribution is 6.01. The SMILES string of the molecule is CCOC(=O)c1ncccc1NC(=O)C1C2CCCCC21. The number of anilines is 1. The fourth-order valence-corrected chi connectivity index (χ4v) is 3.47. The molecule has 2 saturated carbocycles. The topological polar surface area (TPSA) is 68.3 Å². The van der Waals surface area contributed by atoms with E-state index in [1.165, 1.54) is 19.0 Å². The third kappa shape index (κ3) is 2.77. The molecule has 3 rings (SSSR count). The summed E-state index contributed by atoms with van der Waals surface area (Å²) < 4.78 is 4.97. The summed E-state index contributed by atoms with van der Waals surface area (Å²) in [6.45, 7) is 2.03. The molecule has 2 aliphatic rings. The van der Waals surface area contributed by atoms with Crippen LogP contribution in [0.5, 0.6) is 0 Å². The van der Waals surface area contributed by atoms with Gasteiger partial charge in [-0.05, 0) is 43.7 Å². The Bertz CT molecular complexity index is 546. The van der Waals surface area contributed by atoms with E-state index in [-0.39, 0.29) is 24.1 Å². The third-order valence-electron chi connectivity index (χ3n) is 4.49. The average molecular weight is 288 g/mol. The van der Waals surface area contributed by atoms with E-state index in [0.717, 1.165) is 12.8 Å². The number of hydrogen-bond acceptors (Lipinski definition) is 4. The Morgan fingerprint density at radius 1 is 1.33 bits per heavy atom. The average Bonchev–Trinajstić information content (AvgIpc) is 3.22. The summed E-state index contributed by atoms with van der Waals surface area (Å²) in [4.78, 5) is 28.3. The zero-order chi connectivity index (χ0) is 14.8. The normalized spacial score (nSPS) is 26.6. The first-order chi connectivity index (χ1) is 10.2. The van der Waals surface area contributed by atoms with Crippen LogP contribution in [0.25, 0.3) is 0 Å². The van der Waals surface area contributed by atoms with Crippen LogP contribution in [-0.4, -0.2) is 23.5 Å². The predicted molar refractivity (Wildman–Crippen MR) is 77.8 cm³/mol. The number of hydrogen-bond donors (Lipinski definition) is 1. The summed E-state index contributed by atoms with van der Waals surface area (Å²) in [5.74, 6) is 0.720. The summed E-state index contributed by atoms with van der Waals surface area (Å²) in [5, 5.41) is 2.87. The van der Waals surface area contributed by atoms with Crippen molar-refractivity contribution >= 4 is 17.6 Å². The van der Waals surface area contributed by atoms with E-state index >= 15 is 0 Å². The molecule has 0 spiro atoms. The Labute approximate surface area is 124 Å². The lowest BCUT2D eigenvalue weighted by molar-refractivity contribution is -0.117. The molecule has 5 nitrogen and oxygen atoms in total. The zero-order valence-corrected chi connectivity index (χ0v) is 12.2. The molecule has 0 aliphatic heterocycles. The first kappa shape index (κ1) is 14.0. The molecule has 2 fully saturated rings. The Morgan fingerprint density at radius 2 is 2.05 bits per heavy atom. The lowest BCUT2D eigenvalue weighted by Gasteiger charge is -2.09. The van der Waals surface area contributed by atoms with Crippen molar-refractivity contribution in [2.45, 2.75) is 32.6 Å². The van der Waals surface area contributed by atoms with Crippen molar-refractivity contribution in [3.63, 3.8) is 0 Å². The molecule has 0 aromatic carbocycles. The van der Waals surface area contributed by atoms with Crippen molar-refractivity contribution in [3.8, 4) is 0 Å². The number of fused-ring (bicyclic) bond motifs is 1. The van der Waals surface area contributed by atoms with Crippen molar-refractivity contribution in [2.75, 3.05) is 11.9 Å². The van der Waals surface area contributed by atoms with Crippen LogP contribution in [0, 0.1) is 17.8 Å². The summed E-state index contributed by atoms with van der Waals surface area (Å²) in [7, 11) is 0. The van der Waals surface area contributed by atoms with Gasteiger partial charge in [0, 0.05) is 12.1 Å². The van der Waals surface area contributed by atoms with Gasteiger partial charge in [0.15, 0.2) is 5.69 Å². The molecule has 1 aromatic heterocycles. The molecule has 5 heteroatoms. The number of pyridine rings is 1. The molecule has 1 aromatic rings. The molecule has 1 heterocycles. The van der Waals surface area contributed by atoms with E-state index in [4.69, 9.17) is 4.74 Å². The highest BCUT2D eigenvalue weighted by Gasteiger charge is 2.54. The first-order valence-corrected chi connectivity index (χ1v) is 7.65. The maximum atomic E-state index is 12.4. The summed E-state index contributed by atoms with van der Waals surface area (Å²) >= 11 is 0. The van der Waals surface area contributed by atoms with Crippen molar-refractivity contribution in [1.29, 1.82) is 0 Å². The van der Waals surface area contributed by atoms with E-state index in [9.17, 15) is 9.59 Å². The van der Waals surface area contributed by atoms with Crippen LogP contribution in [0.2, 0.25) is 0 Å². The second-order valence-corrected chi connectivity index (χ2v) is 5.75. The molecule has 1 amide bonds. The lowest BCUT2D eigenvalue weighted by atomic mass is 10.0. The summed E-state index contributed by atoms with van der Waals surface area (Å²) in [5.41, 5.74) is 0.626. The number of esters is 1. The molecule has 0 radical (unpaired) electrons.